The van der Waals surface area contributed by atoms with Crippen LogP contribution in [0.25, 0.3) is 0 Å². The Balaban J connectivity index is 1.99. The SMILES string of the molecule is C[C@@H]1[C@H](C(=O)O)CCCN1C(=O)CN(C)C(=O)c1cccs1. The summed E-state index contributed by atoms with van der Waals surface area (Å²) in [5.41, 5.74) is 0. The number of carbonyl (C=O) groups excluding carboxylic acids is 2. The van der Waals surface area contributed by atoms with Crippen molar-refractivity contribution in [2.24, 2.45) is 5.92 Å². The van der Waals surface area contributed by atoms with Gasteiger partial charge in [0.25, 0.3) is 5.91 Å². The zero-order chi connectivity index (χ0) is 16.3. The molecule has 22 heavy (non-hydrogen) atoms. The van der Waals surface area contributed by atoms with E-state index in [-0.39, 0.29) is 24.4 Å². The first kappa shape index (κ1) is 16.5. The van der Waals surface area contributed by atoms with E-state index in [0.717, 1.165) is 0 Å². The van der Waals surface area contributed by atoms with E-state index in [1.54, 1.807) is 31.0 Å². The molecule has 0 saturated carbocycles. The van der Waals surface area contributed by atoms with Gasteiger partial charge in [0.15, 0.2) is 0 Å². The van der Waals surface area contributed by atoms with E-state index < -0.39 is 11.9 Å². The van der Waals surface area contributed by atoms with Crippen LogP contribution in [0.1, 0.15) is 29.4 Å². The number of thiophene rings is 1. The molecule has 0 radical (unpaired) electrons. The molecule has 1 aromatic rings. The molecule has 1 N–H and O–H groups in total. The van der Waals surface area contributed by atoms with Crippen LogP contribution >= 0.6 is 11.3 Å². The van der Waals surface area contributed by atoms with Gasteiger partial charge in [0.05, 0.1) is 17.3 Å². The number of hydrogen-bond acceptors (Lipinski definition) is 4. The Morgan fingerprint density at radius 2 is 2.18 bits per heavy atom. The zero-order valence-corrected chi connectivity index (χ0v) is 13.5. The van der Waals surface area contributed by atoms with E-state index in [9.17, 15) is 19.5 Å². The second-order valence-corrected chi connectivity index (χ2v) is 6.50. The van der Waals surface area contributed by atoms with Gasteiger partial charge in [-0.15, -0.1) is 11.3 Å². The van der Waals surface area contributed by atoms with Crippen molar-refractivity contribution >= 4 is 29.1 Å². The summed E-state index contributed by atoms with van der Waals surface area (Å²) in [4.78, 5) is 39.3. The highest BCUT2D eigenvalue weighted by Crippen LogP contribution is 2.24. The fourth-order valence-electron chi connectivity index (χ4n) is 2.78. The molecular formula is C15H20N2O4S. The lowest BCUT2D eigenvalue weighted by molar-refractivity contribution is -0.149. The fourth-order valence-corrected chi connectivity index (χ4v) is 3.50. The number of likely N-dealkylation sites (N-methyl/N-ethyl adjacent to an activating group) is 1. The number of likely N-dealkylation sites (tertiary alicyclic amines) is 1. The molecule has 0 spiro atoms. The number of amides is 2. The Kier molecular flexibility index (Phi) is 5.18. The molecule has 2 atom stereocenters. The standard InChI is InChI=1S/C15H20N2O4S/c1-10-11(15(20)21)5-3-7-17(10)13(18)9-16(2)14(19)12-6-4-8-22-12/h4,6,8,10-11H,3,5,7,9H2,1-2H3,(H,20,21)/t10-,11-/m1/s1. The summed E-state index contributed by atoms with van der Waals surface area (Å²) in [5, 5.41) is 11.0. The number of carboxylic acids is 1. The second kappa shape index (κ2) is 6.91. The van der Waals surface area contributed by atoms with Gasteiger partial charge >= 0.3 is 5.97 Å². The van der Waals surface area contributed by atoms with Crippen molar-refractivity contribution in [1.82, 2.24) is 9.80 Å². The number of hydrogen-bond donors (Lipinski definition) is 1. The van der Waals surface area contributed by atoms with Crippen molar-refractivity contribution in [3.8, 4) is 0 Å². The van der Waals surface area contributed by atoms with Crippen molar-refractivity contribution in [2.45, 2.75) is 25.8 Å². The monoisotopic (exact) mass is 324 g/mol. The third-order valence-electron chi connectivity index (χ3n) is 4.08. The first-order valence-corrected chi connectivity index (χ1v) is 8.11. The highest BCUT2D eigenvalue weighted by molar-refractivity contribution is 7.12. The average molecular weight is 324 g/mol. The first-order chi connectivity index (χ1) is 10.4. The first-order valence-electron chi connectivity index (χ1n) is 7.23. The topological polar surface area (TPSA) is 77.9 Å². The van der Waals surface area contributed by atoms with Gasteiger partial charge < -0.3 is 14.9 Å². The van der Waals surface area contributed by atoms with E-state index in [0.29, 0.717) is 24.3 Å². The maximum atomic E-state index is 12.4. The third-order valence-corrected chi connectivity index (χ3v) is 4.93. The molecule has 120 valence electrons. The van der Waals surface area contributed by atoms with Crippen LogP contribution < -0.4 is 0 Å². The van der Waals surface area contributed by atoms with Crippen molar-refractivity contribution in [3.05, 3.63) is 22.4 Å². The molecule has 1 aliphatic rings. The summed E-state index contributed by atoms with van der Waals surface area (Å²) in [5.74, 6) is -1.79. The number of rotatable bonds is 4. The largest absolute Gasteiger partial charge is 0.481 e. The molecule has 2 heterocycles. The summed E-state index contributed by atoms with van der Waals surface area (Å²) >= 11 is 1.33. The van der Waals surface area contributed by atoms with Crippen LogP contribution in [-0.2, 0) is 9.59 Å². The minimum Gasteiger partial charge on any atom is -0.481 e. The predicted molar refractivity (Wildman–Crippen MR) is 82.8 cm³/mol. The number of aliphatic carboxylic acids is 1. The van der Waals surface area contributed by atoms with Crippen LogP contribution in [0.4, 0.5) is 0 Å². The summed E-state index contributed by atoms with van der Waals surface area (Å²) in [7, 11) is 1.59. The van der Waals surface area contributed by atoms with Gasteiger partial charge in [-0.3, -0.25) is 14.4 Å². The fraction of sp³-hybridized carbons (Fsp3) is 0.533. The van der Waals surface area contributed by atoms with Gasteiger partial charge in [0.2, 0.25) is 5.91 Å². The van der Waals surface area contributed by atoms with Gasteiger partial charge in [0.1, 0.15) is 0 Å². The minimum atomic E-state index is -0.868. The predicted octanol–water partition coefficient (Wildman–Crippen LogP) is 1.53. The third kappa shape index (κ3) is 3.47. The van der Waals surface area contributed by atoms with Gasteiger partial charge in [-0.05, 0) is 31.2 Å². The molecule has 1 saturated heterocycles. The summed E-state index contributed by atoms with van der Waals surface area (Å²) in [6.45, 7) is 2.27. The molecule has 1 aliphatic heterocycles. The lowest BCUT2D eigenvalue weighted by Crippen LogP contribution is -2.52. The van der Waals surface area contributed by atoms with Crippen molar-refractivity contribution < 1.29 is 19.5 Å². The quantitative estimate of drug-likeness (QED) is 0.911. The molecule has 7 heteroatoms. The normalized spacial score (nSPS) is 21.5. The van der Waals surface area contributed by atoms with E-state index in [4.69, 9.17) is 0 Å². The number of carboxylic acid groups (broad SMARTS) is 1. The lowest BCUT2D eigenvalue weighted by atomic mass is 9.90. The van der Waals surface area contributed by atoms with E-state index in [1.165, 1.54) is 16.2 Å². The smallest absolute Gasteiger partial charge is 0.308 e. The molecule has 6 nitrogen and oxygen atoms in total. The minimum absolute atomic E-state index is 0.0343. The lowest BCUT2D eigenvalue weighted by Gasteiger charge is -2.38. The number of carbonyl (C=O) groups is 3. The Hall–Kier alpha value is -1.89. The van der Waals surface area contributed by atoms with Crippen molar-refractivity contribution in [2.75, 3.05) is 20.1 Å². The van der Waals surface area contributed by atoms with Gasteiger partial charge in [-0.2, -0.15) is 0 Å². The highest BCUT2D eigenvalue weighted by atomic mass is 32.1. The van der Waals surface area contributed by atoms with Crippen LogP contribution in [-0.4, -0.2) is 58.9 Å². The van der Waals surface area contributed by atoms with Crippen LogP contribution in [0.5, 0.6) is 0 Å². The van der Waals surface area contributed by atoms with E-state index in [1.807, 2.05) is 5.38 Å². The molecule has 0 aromatic carbocycles. The number of piperidine rings is 1. The maximum absolute atomic E-state index is 12.4. The molecule has 1 fully saturated rings. The second-order valence-electron chi connectivity index (χ2n) is 5.55. The Labute approximate surface area is 133 Å². The molecule has 1 aromatic heterocycles. The van der Waals surface area contributed by atoms with Gasteiger partial charge in [0, 0.05) is 19.6 Å². The highest BCUT2D eigenvalue weighted by Gasteiger charge is 2.35. The molecule has 2 amide bonds. The van der Waals surface area contributed by atoms with Gasteiger partial charge in [-0.1, -0.05) is 6.07 Å². The molecule has 0 bridgehead atoms. The maximum Gasteiger partial charge on any atom is 0.308 e. The molecule has 2 rings (SSSR count). The van der Waals surface area contributed by atoms with Crippen molar-refractivity contribution in [1.29, 1.82) is 0 Å². The van der Waals surface area contributed by atoms with Crippen LogP contribution in [0, 0.1) is 5.92 Å². The van der Waals surface area contributed by atoms with Crippen LogP contribution in [0.15, 0.2) is 17.5 Å². The van der Waals surface area contributed by atoms with Crippen molar-refractivity contribution in [3.63, 3.8) is 0 Å². The zero-order valence-electron chi connectivity index (χ0n) is 12.7. The van der Waals surface area contributed by atoms with Crippen LogP contribution in [0.2, 0.25) is 0 Å². The Morgan fingerprint density at radius 1 is 1.45 bits per heavy atom. The van der Waals surface area contributed by atoms with Gasteiger partial charge in [-0.25, -0.2) is 0 Å². The van der Waals surface area contributed by atoms with E-state index in [2.05, 4.69) is 0 Å². The number of nitrogens with zero attached hydrogens (tertiary/aromatic N) is 2. The van der Waals surface area contributed by atoms with Crippen LogP contribution in [0.3, 0.4) is 0 Å². The molecule has 0 unspecified atom stereocenters. The summed E-state index contributed by atoms with van der Waals surface area (Å²) in [6.07, 6.45) is 1.26. The molecular weight excluding hydrogens is 304 g/mol. The van der Waals surface area contributed by atoms with E-state index >= 15 is 0 Å². The average Bonchev–Trinajstić information content (AvgIpc) is 3.00. The Bertz CT molecular complexity index is 558. The summed E-state index contributed by atoms with van der Waals surface area (Å²) < 4.78 is 0. The molecule has 0 aliphatic carbocycles. The Morgan fingerprint density at radius 3 is 2.77 bits per heavy atom. The summed E-state index contributed by atoms with van der Waals surface area (Å²) in [6, 6.07) is 3.17.